The van der Waals surface area contributed by atoms with Gasteiger partial charge in [0.25, 0.3) is 5.56 Å². The first-order valence-electron chi connectivity index (χ1n) is 11.8. The van der Waals surface area contributed by atoms with E-state index in [2.05, 4.69) is 21.9 Å². The molecule has 1 aliphatic heterocycles. The predicted molar refractivity (Wildman–Crippen MR) is 141 cm³/mol. The molecule has 8 heteroatoms. The van der Waals surface area contributed by atoms with Crippen LogP contribution in [0.2, 0.25) is 0 Å². The molecule has 1 aromatic heterocycles. The number of anilines is 1. The number of fused-ring (bicyclic) bond motifs is 1. The second kappa shape index (κ2) is 10.5. The van der Waals surface area contributed by atoms with Crippen LogP contribution in [0.3, 0.4) is 0 Å². The van der Waals surface area contributed by atoms with E-state index in [-0.39, 0.29) is 11.3 Å². The summed E-state index contributed by atoms with van der Waals surface area (Å²) in [6.07, 6.45) is 3.71. The number of carbonyl (C=O) groups is 1. The molecule has 1 unspecified atom stereocenters. The Bertz CT molecular complexity index is 1400. The van der Waals surface area contributed by atoms with Gasteiger partial charge in [-0.15, -0.1) is 6.58 Å². The number of H-pyrrole nitrogens is 1. The number of benzene rings is 2. The summed E-state index contributed by atoms with van der Waals surface area (Å²) in [6, 6.07) is 15.4. The van der Waals surface area contributed by atoms with Gasteiger partial charge in [0.15, 0.2) is 22.4 Å². The first-order chi connectivity index (χ1) is 17.6. The zero-order chi connectivity index (χ0) is 25.1. The van der Waals surface area contributed by atoms with Gasteiger partial charge in [0.2, 0.25) is 0 Å². The Morgan fingerprint density at radius 3 is 2.75 bits per heavy atom. The third-order valence-corrected chi connectivity index (χ3v) is 7.20. The Balaban J connectivity index is 1.60. The Kier molecular flexibility index (Phi) is 6.95. The summed E-state index contributed by atoms with van der Waals surface area (Å²) in [5.74, 6) is 1.74. The normalized spacial score (nSPS) is 16.6. The smallest absolute Gasteiger partial charge is 0.257 e. The van der Waals surface area contributed by atoms with Gasteiger partial charge >= 0.3 is 0 Å². The SMILES string of the molecule is C=CCSc1nc2c(c(=O)[nH]1)C(c1ccc(OC)c(OCc3ccccc3)c1)C1=C(CCCC1=O)N2. The standard InChI is InChI=1S/C28H27N3O4S/c1-3-14-36-28-30-26-25(27(33)31-28)23(24-19(29-26)10-7-11-20(24)32)18-12-13-21(34-2)22(15-18)35-16-17-8-5-4-6-9-17/h3-6,8-9,12-13,15,23H,1,7,10-11,14,16H2,2H3,(H2,29,30,31,33). The van der Waals surface area contributed by atoms with Gasteiger partial charge in [-0.25, -0.2) is 4.98 Å². The molecule has 1 atom stereocenters. The van der Waals surface area contributed by atoms with Gasteiger partial charge in [0.05, 0.1) is 12.7 Å². The number of hydrogen-bond donors (Lipinski definition) is 2. The molecule has 0 radical (unpaired) electrons. The topological polar surface area (TPSA) is 93.3 Å². The van der Waals surface area contributed by atoms with E-state index in [1.165, 1.54) is 11.8 Å². The summed E-state index contributed by atoms with van der Waals surface area (Å²) in [6.45, 7) is 4.10. The zero-order valence-electron chi connectivity index (χ0n) is 20.0. The molecule has 0 saturated heterocycles. The van der Waals surface area contributed by atoms with Crippen LogP contribution < -0.4 is 20.3 Å². The van der Waals surface area contributed by atoms with Gasteiger partial charge in [-0.05, 0) is 36.1 Å². The molecule has 0 amide bonds. The van der Waals surface area contributed by atoms with E-state index in [4.69, 9.17) is 9.47 Å². The third kappa shape index (κ3) is 4.68. The van der Waals surface area contributed by atoms with Crippen molar-refractivity contribution in [2.75, 3.05) is 18.2 Å². The lowest BCUT2D eigenvalue weighted by Crippen LogP contribution is -2.32. The molecule has 5 rings (SSSR count). The molecule has 2 heterocycles. The fourth-order valence-electron chi connectivity index (χ4n) is 4.70. The van der Waals surface area contributed by atoms with Crippen molar-refractivity contribution in [1.29, 1.82) is 0 Å². The van der Waals surface area contributed by atoms with Crippen molar-refractivity contribution >= 4 is 23.4 Å². The quantitative estimate of drug-likeness (QED) is 0.249. The van der Waals surface area contributed by atoms with E-state index in [9.17, 15) is 9.59 Å². The minimum Gasteiger partial charge on any atom is -0.493 e. The number of rotatable bonds is 8. The van der Waals surface area contributed by atoms with E-state index < -0.39 is 5.92 Å². The number of carbonyl (C=O) groups excluding carboxylic acids is 1. The van der Waals surface area contributed by atoms with E-state index >= 15 is 0 Å². The van der Waals surface area contributed by atoms with Crippen LogP contribution in [-0.2, 0) is 11.4 Å². The molecular formula is C28H27N3O4S. The minimum absolute atomic E-state index is 0.0477. The molecule has 0 bridgehead atoms. The second-order valence-electron chi connectivity index (χ2n) is 8.64. The zero-order valence-corrected chi connectivity index (χ0v) is 20.8. The predicted octanol–water partition coefficient (Wildman–Crippen LogP) is 5.20. The minimum atomic E-state index is -0.552. The average Bonchev–Trinajstić information content (AvgIpc) is 2.90. The van der Waals surface area contributed by atoms with Crippen LogP contribution in [0, 0.1) is 0 Å². The van der Waals surface area contributed by atoms with Gasteiger partial charge in [0, 0.05) is 29.4 Å². The number of ketones is 1. The third-order valence-electron chi connectivity index (χ3n) is 6.33. The van der Waals surface area contributed by atoms with Crippen molar-refractivity contribution in [3.05, 3.63) is 99.5 Å². The van der Waals surface area contributed by atoms with Crippen LogP contribution in [0.5, 0.6) is 11.5 Å². The second-order valence-corrected chi connectivity index (χ2v) is 9.65. The maximum Gasteiger partial charge on any atom is 0.257 e. The van der Waals surface area contributed by atoms with E-state index in [1.807, 2.05) is 48.5 Å². The molecule has 7 nitrogen and oxygen atoms in total. The summed E-state index contributed by atoms with van der Waals surface area (Å²) in [7, 11) is 1.59. The van der Waals surface area contributed by atoms with Gasteiger partial charge in [-0.3, -0.25) is 9.59 Å². The van der Waals surface area contributed by atoms with Crippen molar-refractivity contribution in [2.24, 2.45) is 0 Å². The number of methoxy groups -OCH3 is 1. The number of aromatic nitrogens is 2. The molecular weight excluding hydrogens is 474 g/mol. The molecule has 36 heavy (non-hydrogen) atoms. The molecule has 3 aromatic rings. The Hall–Kier alpha value is -3.78. The Morgan fingerprint density at radius 2 is 1.97 bits per heavy atom. The van der Waals surface area contributed by atoms with Gasteiger partial charge in [0.1, 0.15) is 12.4 Å². The Morgan fingerprint density at radius 1 is 1.14 bits per heavy atom. The lowest BCUT2D eigenvalue weighted by Gasteiger charge is -2.33. The van der Waals surface area contributed by atoms with Crippen LogP contribution >= 0.6 is 11.8 Å². The van der Waals surface area contributed by atoms with Crippen LogP contribution in [0.1, 0.15) is 41.9 Å². The van der Waals surface area contributed by atoms with Crippen LogP contribution in [0.25, 0.3) is 0 Å². The van der Waals surface area contributed by atoms with Crippen LogP contribution in [-0.4, -0.2) is 28.6 Å². The number of nitrogens with one attached hydrogen (secondary N) is 2. The van der Waals surface area contributed by atoms with Crippen molar-refractivity contribution in [1.82, 2.24) is 9.97 Å². The molecule has 2 aliphatic rings. The fraction of sp³-hybridized carbons (Fsp3) is 0.250. The maximum atomic E-state index is 13.4. The van der Waals surface area contributed by atoms with Crippen LogP contribution in [0.4, 0.5) is 5.82 Å². The molecule has 0 spiro atoms. The number of allylic oxidation sites excluding steroid dienone is 2. The van der Waals surface area contributed by atoms with Crippen molar-refractivity contribution in [3.63, 3.8) is 0 Å². The number of ether oxygens (including phenoxy) is 2. The monoisotopic (exact) mass is 501 g/mol. The lowest BCUT2D eigenvalue weighted by atomic mass is 9.76. The van der Waals surface area contributed by atoms with Gasteiger partial charge < -0.3 is 19.8 Å². The van der Waals surface area contributed by atoms with Crippen molar-refractivity contribution < 1.29 is 14.3 Å². The summed E-state index contributed by atoms with van der Waals surface area (Å²) in [5.41, 5.74) is 3.44. The van der Waals surface area contributed by atoms with E-state index in [0.717, 1.165) is 29.7 Å². The van der Waals surface area contributed by atoms with Gasteiger partial charge in [-0.1, -0.05) is 54.2 Å². The fourth-order valence-corrected chi connectivity index (χ4v) is 5.30. The maximum absolute atomic E-state index is 13.4. The van der Waals surface area contributed by atoms with Crippen molar-refractivity contribution in [3.8, 4) is 11.5 Å². The molecule has 0 fully saturated rings. The van der Waals surface area contributed by atoms with Crippen molar-refractivity contribution in [2.45, 2.75) is 36.9 Å². The highest BCUT2D eigenvalue weighted by atomic mass is 32.2. The van der Waals surface area contributed by atoms with E-state index in [0.29, 0.717) is 52.4 Å². The number of aromatic amines is 1. The summed E-state index contributed by atoms with van der Waals surface area (Å²) < 4.78 is 11.7. The summed E-state index contributed by atoms with van der Waals surface area (Å²) in [5, 5.41) is 3.81. The van der Waals surface area contributed by atoms with Crippen LogP contribution in [0.15, 0.2) is 82.4 Å². The highest BCUT2D eigenvalue weighted by Crippen LogP contribution is 2.45. The molecule has 1 aliphatic carbocycles. The van der Waals surface area contributed by atoms with E-state index in [1.54, 1.807) is 13.2 Å². The number of thioether (sulfide) groups is 1. The lowest BCUT2D eigenvalue weighted by molar-refractivity contribution is -0.116. The first kappa shape index (κ1) is 23.9. The number of hydrogen-bond acceptors (Lipinski definition) is 7. The largest absolute Gasteiger partial charge is 0.493 e. The number of nitrogens with zero attached hydrogens (tertiary/aromatic N) is 1. The highest BCUT2D eigenvalue weighted by Gasteiger charge is 2.38. The number of Topliss-reactive ketones (excluding diaryl/α,β-unsaturated/α-hetero) is 1. The molecule has 2 aromatic carbocycles. The van der Waals surface area contributed by atoms with Gasteiger partial charge in [-0.2, -0.15) is 0 Å². The summed E-state index contributed by atoms with van der Waals surface area (Å²) in [4.78, 5) is 34.1. The first-order valence-corrected chi connectivity index (χ1v) is 12.8. The highest BCUT2D eigenvalue weighted by molar-refractivity contribution is 7.99. The molecule has 0 saturated carbocycles. The average molecular weight is 502 g/mol. The Labute approximate surface area is 213 Å². The summed E-state index contributed by atoms with van der Waals surface area (Å²) >= 11 is 1.40. The molecule has 184 valence electrons. The molecule has 2 N–H and O–H groups in total.